The van der Waals surface area contributed by atoms with Crippen LogP contribution in [0.5, 0.6) is 0 Å². The molecule has 0 nitrogen and oxygen atoms in total. The molecule has 4 rings (SSSR count). The molecule has 3 aromatic carbocycles. The normalized spacial score (nSPS) is 15.4. The third-order valence-corrected chi connectivity index (χ3v) is 7.05. The maximum atomic E-state index is 15.4. The van der Waals surface area contributed by atoms with Gasteiger partial charge in [-0.1, -0.05) is 81.6 Å². The van der Waals surface area contributed by atoms with Crippen LogP contribution in [0, 0.1) is 11.6 Å². The van der Waals surface area contributed by atoms with E-state index in [4.69, 9.17) is 0 Å². The highest BCUT2D eigenvalue weighted by molar-refractivity contribution is 5.77. The fourth-order valence-electron chi connectivity index (χ4n) is 5.00. The van der Waals surface area contributed by atoms with Crippen LogP contribution in [-0.4, -0.2) is 0 Å². The number of rotatable bonds is 9. The Bertz CT molecular complexity index is 1230. The summed E-state index contributed by atoms with van der Waals surface area (Å²) in [4.78, 5) is 0. The average Bonchev–Trinajstić information content (AvgIpc) is 2.84. The van der Waals surface area contributed by atoms with E-state index in [-0.39, 0.29) is 35.1 Å². The van der Waals surface area contributed by atoms with E-state index in [2.05, 4.69) is 6.92 Å². The fourth-order valence-corrected chi connectivity index (χ4v) is 5.00. The number of hydrogen-bond donors (Lipinski definition) is 0. The summed E-state index contributed by atoms with van der Waals surface area (Å²) in [5.74, 6) is -12.5. The molecule has 0 aromatic heterocycles. The third kappa shape index (κ3) is 4.55. The van der Waals surface area contributed by atoms with Crippen LogP contribution in [0.2, 0.25) is 0 Å². The molecule has 3 aromatic rings. The molecule has 0 atom stereocenters. The zero-order valence-corrected chi connectivity index (χ0v) is 20.5. The molecule has 0 bridgehead atoms. The van der Waals surface area contributed by atoms with Crippen molar-refractivity contribution in [3.05, 3.63) is 93.5 Å². The SMILES string of the molecule is CCCCCc1ccc(CCc2ccc3c(c2F)C(F)(F)C(F)(F)c2c-3ccc(CCC)c2F)cc1. The van der Waals surface area contributed by atoms with E-state index < -0.39 is 34.6 Å². The van der Waals surface area contributed by atoms with Crippen LogP contribution in [-0.2, 0) is 37.5 Å². The number of halogens is 6. The van der Waals surface area contributed by atoms with Gasteiger partial charge in [0, 0.05) is 0 Å². The van der Waals surface area contributed by atoms with E-state index in [1.807, 2.05) is 24.3 Å². The summed E-state index contributed by atoms with van der Waals surface area (Å²) in [6, 6.07) is 12.9. The van der Waals surface area contributed by atoms with Gasteiger partial charge >= 0.3 is 11.8 Å². The molecular weight excluding hydrogens is 474 g/mol. The molecule has 1 aliphatic rings. The maximum Gasteiger partial charge on any atom is 0.343 e. The quantitative estimate of drug-likeness (QED) is 0.201. The molecule has 0 radical (unpaired) electrons. The number of aryl methyl sites for hydroxylation is 4. The van der Waals surface area contributed by atoms with Gasteiger partial charge in [0.1, 0.15) is 11.6 Å². The van der Waals surface area contributed by atoms with Crippen molar-refractivity contribution in [3.8, 4) is 11.1 Å². The molecular formula is C30H30F6. The van der Waals surface area contributed by atoms with E-state index in [1.165, 1.54) is 29.8 Å². The lowest BCUT2D eigenvalue weighted by Crippen LogP contribution is -2.41. The van der Waals surface area contributed by atoms with Gasteiger partial charge < -0.3 is 0 Å². The molecule has 36 heavy (non-hydrogen) atoms. The summed E-state index contributed by atoms with van der Waals surface area (Å²) >= 11 is 0. The minimum Gasteiger partial charge on any atom is -0.206 e. The van der Waals surface area contributed by atoms with Crippen molar-refractivity contribution in [2.45, 2.75) is 77.1 Å². The predicted molar refractivity (Wildman–Crippen MR) is 131 cm³/mol. The maximum absolute atomic E-state index is 15.4. The van der Waals surface area contributed by atoms with Gasteiger partial charge in [0.25, 0.3) is 0 Å². The Morgan fingerprint density at radius 3 is 1.47 bits per heavy atom. The Morgan fingerprint density at radius 2 is 1.00 bits per heavy atom. The third-order valence-electron chi connectivity index (χ3n) is 7.05. The molecule has 1 aliphatic carbocycles. The summed E-state index contributed by atoms with van der Waals surface area (Å²) in [5, 5.41) is 0. The van der Waals surface area contributed by atoms with Gasteiger partial charge in [-0.25, -0.2) is 8.78 Å². The summed E-state index contributed by atoms with van der Waals surface area (Å²) in [5.41, 5.74) is -1.50. The Kier molecular flexibility index (Phi) is 7.53. The van der Waals surface area contributed by atoms with Crippen molar-refractivity contribution in [1.82, 2.24) is 0 Å². The molecule has 0 spiro atoms. The van der Waals surface area contributed by atoms with Crippen LogP contribution < -0.4 is 0 Å². The van der Waals surface area contributed by atoms with Crippen LogP contribution in [0.4, 0.5) is 26.3 Å². The highest BCUT2D eigenvalue weighted by atomic mass is 19.3. The summed E-state index contributed by atoms with van der Waals surface area (Å²) in [6.07, 6.45) is 5.41. The van der Waals surface area contributed by atoms with Crippen molar-refractivity contribution in [3.63, 3.8) is 0 Å². The monoisotopic (exact) mass is 504 g/mol. The minimum absolute atomic E-state index is 0.0522. The minimum atomic E-state index is -4.89. The van der Waals surface area contributed by atoms with Crippen LogP contribution in [0.15, 0.2) is 48.5 Å². The van der Waals surface area contributed by atoms with Crippen LogP contribution in [0.25, 0.3) is 11.1 Å². The van der Waals surface area contributed by atoms with Crippen molar-refractivity contribution >= 4 is 0 Å². The number of hydrogen-bond acceptors (Lipinski definition) is 0. The zero-order chi connectivity index (χ0) is 26.1. The van der Waals surface area contributed by atoms with Crippen LogP contribution >= 0.6 is 0 Å². The molecule has 0 aliphatic heterocycles. The molecule has 0 saturated carbocycles. The molecule has 0 unspecified atom stereocenters. The number of alkyl halides is 4. The Morgan fingerprint density at radius 1 is 0.528 bits per heavy atom. The van der Waals surface area contributed by atoms with Gasteiger partial charge in [-0.3, -0.25) is 0 Å². The Balaban J connectivity index is 1.66. The molecule has 0 saturated heterocycles. The highest BCUT2D eigenvalue weighted by Gasteiger charge is 2.65. The van der Waals surface area contributed by atoms with Gasteiger partial charge in [-0.15, -0.1) is 0 Å². The second-order valence-electron chi connectivity index (χ2n) is 9.59. The van der Waals surface area contributed by atoms with Crippen molar-refractivity contribution in [1.29, 1.82) is 0 Å². The highest BCUT2D eigenvalue weighted by Crippen LogP contribution is 2.59. The van der Waals surface area contributed by atoms with E-state index in [0.29, 0.717) is 12.8 Å². The first-order chi connectivity index (χ1) is 17.1. The van der Waals surface area contributed by atoms with E-state index in [1.54, 1.807) is 6.92 Å². The number of benzene rings is 3. The standard InChI is InChI=1S/C30H30F6/c1-3-5-6-8-19-9-11-20(12-10-19)13-14-22-16-18-24-23-17-15-21(7-4-2)27(31)25(23)29(33,34)30(35,36)26(24)28(22)32/h9-12,15-18H,3-8,13-14H2,1-2H3. The van der Waals surface area contributed by atoms with Gasteiger partial charge in [-0.2, -0.15) is 17.6 Å². The first-order valence-corrected chi connectivity index (χ1v) is 12.6. The summed E-state index contributed by atoms with van der Waals surface area (Å²) in [6.45, 7) is 3.88. The van der Waals surface area contributed by atoms with Gasteiger partial charge in [-0.05, 0) is 65.5 Å². The summed E-state index contributed by atoms with van der Waals surface area (Å²) in [7, 11) is 0. The lowest BCUT2D eigenvalue weighted by atomic mass is 9.78. The van der Waals surface area contributed by atoms with E-state index in [9.17, 15) is 4.39 Å². The van der Waals surface area contributed by atoms with Crippen LogP contribution in [0.1, 0.15) is 72.9 Å². The first-order valence-electron chi connectivity index (χ1n) is 12.6. The van der Waals surface area contributed by atoms with Crippen LogP contribution in [0.3, 0.4) is 0 Å². The lowest BCUT2D eigenvalue weighted by Gasteiger charge is -2.36. The van der Waals surface area contributed by atoms with Crippen molar-refractivity contribution in [2.24, 2.45) is 0 Å². The number of unbranched alkanes of at least 4 members (excludes halogenated alkanes) is 2. The summed E-state index contributed by atoms with van der Waals surface area (Å²) < 4.78 is 90.9. The molecule has 192 valence electrons. The molecule has 0 fully saturated rings. The fraction of sp³-hybridized carbons (Fsp3) is 0.400. The van der Waals surface area contributed by atoms with Gasteiger partial charge in [0.05, 0.1) is 11.1 Å². The zero-order valence-electron chi connectivity index (χ0n) is 20.5. The average molecular weight is 505 g/mol. The lowest BCUT2D eigenvalue weighted by molar-refractivity contribution is -0.227. The van der Waals surface area contributed by atoms with Crippen molar-refractivity contribution < 1.29 is 26.3 Å². The topological polar surface area (TPSA) is 0 Å². The van der Waals surface area contributed by atoms with E-state index >= 15 is 22.0 Å². The smallest absolute Gasteiger partial charge is 0.206 e. The Hall–Kier alpha value is -2.76. The number of fused-ring (bicyclic) bond motifs is 3. The first kappa shape index (κ1) is 26.3. The molecule has 0 N–H and O–H groups in total. The molecule has 0 amide bonds. The second kappa shape index (κ2) is 10.3. The van der Waals surface area contributed by atoms with Gasteiger partial charge in [0.2, 0.25) is 0 Å². The Labute approximate surface area is 208 Å². The van der Waals surface area contributed by atoms with E-state index in [0.717, 1.165) is 31.2 Å². The largest absolute Gasteiger partial charge is 0.343 e. The predicted octanol–water partition coefficient (Wildman–Crippen LogP) is 9.30. The second-order valence-corrected chi connectivity index (χ2v) is 9.59. The molecule has 0 heterocycles. The van der Waals surface area contributed by atoms with Gasteiger partial charge in [0.15, 0.2) is 0 Å². The molecule has 6 heteroatoms. The van der Waals surface area contributed by atoms with Crippen molar-refractivity contribution in [2.75, 3.05) is 0 Å².